The zero-order valence-corrected chi connectivity index (χ0v) is 16.7. The van der Waals surface area contributed by atoms with E-state index in [1.54, 1.807) is 30.3 Å². The molecule has 0 aliphatic rings. The summed E-state index contributed by atoms with van der Waals surface area (Å²) < 4.78 is 41.9. The van der Waals surface area contributed by atoms with Crippen LogP contribution >= 0.6 is 0 Å². The fourth-order valence-electron chi connectivity index (χ4n) is 2.72. The first-order valence-electron chi connectivity index (χ1n) is 8.66. The van der Waals surface area contributed by atoms with Crippen molar-refractivity contribution in [1.82, 2.24) is 10.3 Å². The molecule has 3 aromatic rings. The number of pyridine rings is 1. The largest absolute Gasteiger partial charge is 0.496 e. The van der Waals surface area contributed by atoms with Gasteiger partial charge in [-0.3, -0.25) is 4.79 Å². The van der Waals surface area contributed by atoms with E-state index in [0.717, 1.165) is 11.8 Å². The van der Waals surface area contributed by atoms with Crippen LogP contribution in [0.1, 0.15) is 16.1 Å². The van der Waals surface area contributed by atoms with E-state index in [9.17, 15) is 17.6 Å². The average Bonchev–Trinajstić information content (AvgIpc) is 2.71. The smallest absolute Gasteiger partial charge is 0.270 e. The second-order valence-electron chi connectivity index (χ2n) is 6.35. The fraction of sp³-hybridized carbons (Fsp3) is 0.143. The van der Waals surface area contributed by atoms with Crippen LogP contribution in [-0.2, 0) is 16.4 Å². The first-order chi connectivity index (χ1) is 13.8. The van der Waals surface area contributed by atoms with Crippen molar-refractivity contribution in [3.8, 4) is 17.0 Å². The summed E-state index contributed by atoms with van der Waals surface area (Å²) in [6.07, 6.45) is 1.13. The summed E-state index contributed by atoms with van der Waals surface area (Å²) in [7, 11) is -1.79. The predicted molar refractivity (Wildman–Crippen MR) is 107 cm³/mol. The third kappa shape index (κ3) is 4.97. The van der Waals surface area contributed by atoms with E-state index in [4.69, 9.17) is 4.74 Å². The molecule has 3 rings (SSSR count). The van der Waals surface area contributed by atoms with Gasteiger partial charge in [0, 0.05) is 18.4 Å². The Labute approximate surface area is 168 Å². The molecule has 1 N–H and O–H groups in total. The number of amides is 1. The second kappa shape index (κ2) is 8.40. The molecule has 0 aliphatic heterocycles. The van der Waals surface area contributed by atoms with Gasteiger partial charge in [-0.05, 0) is 48.0 Å². The van der Waals surface area contributed by atoms with Gasteiger partial charge < -0.3 is 10.1 Å². The predicted octanol–water partition coefficient (Wildman–Crippen LogP) is 3.23. The molecule has 0 spiro atoms. The van der Waals surface area contributed by atoms with Crippen molar-refractivity contribution in [3.63, 3.8) is 0 Å². The zero-order valence-electron chi connectivity index (χ0n) is 15.8. The van der Waals surface area contributed by atoms with Gasteiger partial charge in [0.1, 0.15) is 17.3 Å². The van der Waals surface area contributed by atoms with E-state index in [1.165, 1.54) is 37.4 Å². The summed E-state index contributed by atoms with van der Waals surface area (Å²) in [5.74, 6) is -0.396. The minimum absolute atomic E-state index is 0.168. The van der Waals surface area contributed by atoms with Gasteiger partial charge in [0.15, 0.2) is 9.84 Å². The van der Waals surface area contributed by atoms with Crippen LogP contribution in [0, 0.1) is 5.82 Å². The lowest BCUT2D eigenvalue weighted by Crippen LogP contribution is -2.23. The lowest BCUT2D eigenvalue weighted by molar-refractivity contribution is 0.0946. The number of nitrogens with one attached hydrogen (secondary N) is 1. The summed E-state index contributed by atoms with van der Waals surface area (Å²) in [5, 5.41) is 2.74. The molecule has 8 heteroatoms. The van der Waals surface area contributed by atoms with Gasteiger partial charge in [0.05, 0.1) is 17.7 Å². The lowest BCUT2D eigenvalue weighted by atomic mass is 10.1. The van der Waals surface area contributed by atoms with E-state index in [1.807, 2.05) is 0 Å². The number of methoxy groups -OCH3 is 1. The van der Waals surface area contributed by atoms with E-state index < -0.39 is 21.6 Å². The minimum Gasteiger partial charge on any atom is -0.496 e. The second-order valence-corrected chi connectivity index (χ2v) is 8.37. The maximum absolute atomic E-state index is 13.6. The molecule has 29 heavy (non-hydrogen) atoms. The highest BCUT2D eigenvalue weighted by Crippen LogP contribution is 2.29. The molecule has 6 nitrogen and oxygen atoms in total. The number of carbonyl (C=O) groups is 1. The Hall–Kier alpha value is -3.26. The monoisotopic (exact) mass is 414 g/mol. The number of sulfone groups is 1. The highest BCUT2D eigenvalue weighted by molar-refractivity contribution is 7.90. The summed E-state index contributed by atoms with van der Waals surface area (Å²) >= 11 is 0. The van der Waals surface area contributed by atoms with Crippen molar-refractivity contribution < 1.29 is 22.3 Å². The van der Waals surface area contributed by atoms with Crippen LogP contribution in [-0.4, -0.2) is 32.7 Å². The van der Waals surface area contributed by atoms with Gasteiger partial charge in [-0.2, -0.15) is 0 Å². The average molecular weight is 414 g/mol. The number of ether oxygens (including phenoxy) is 1. The molecule has 0 saturated carbocycles. The van der Waals surface area contributed by atoms with Crippen molar-refractivity contribution >= 4 is 15.7 Å². The minimum atomic E-state index is -3.27. The third-order valence-corrected chi connectivity index (χ3v) is 5.35. The van der Waals surface area contributed by atoms with Crippen LogP contribution in [0.2, 0.25) is 0 Å². The van der Waals surface area contributed by atoms with Gasteiger partial charge >= 0.3 is 0 Å². The van der Waals surface area contributed by atoms with Crippen molar-refractivity contribution in [2.24, 2.45) is 0 Å². The van der Waals surface area contributed by atoms with Crippen molar-refractivity contribution in [2.45, 2.75) is 11.4 Å². The molecule has 0 saturated heterocycles. The Morgan fingerprint density at radius 2 is 1.83 bits per heavy atom. The van der Waals surface area contributed by atoms with Crippen LogP contribution in [0.15, 0.2) is 65.6 Å². The van der Waals surface area contributed by atoms with E-state index in [-0.39, 0.29) is 17.1 Å². The molecule has 0 fully saturated rings. The Morgan fingerprint density at radius 3 is 2.48 bits per heavy atom. The molecule has 0 atom stereocenters. The maximum atomic E-state index is 13.6. The standard InChI is InChI=1S/C21H19FN2O4S/c1-28-20-11-8-15(22)12-17(20)18-4-3-5-19(24-18)21(25)23-13-14-6-9-16(10-7-14)29(2,26)27/h3-12H,13H2,1-2H3,(H,23,25). The number of halogens is 1. The topological polar surface area (TPSA) is 85.4 Å². The lowest BCUT2D eigenvalue weighted by Gasteiger charge is -2.10. The number of rotatable bonds is 6. The number of aromatic nitrogens is 1. The molecular formula is C21H19FN2O4S. The van der Waals surface area contributed by atoms with Crippen LogP contribution < -0.4 is 10.1 Å². The summed E-state index contributed by atoms with van der Waals surface area (Å²) in [6, 6.07) is 15.2. The van der Waals surface area contributed by atoms with Crippen molar-refractivity contribution in [3.05, 3.63) is 77.7 Å². The molecule has 1 aromatic heterocycles. The molecular weight excluding hydrogens is 395 g/mol. The highest BCUT2D eigenvalue weighted by Gasteiger charge is 2.13. The van der Waals surface area contributed by atoms with Gasteiger partial charge in [0.2, 0.25) is 0 Å². The Balaban J connectivity index is 1.76. The first-order valence-corrected chi connectivity index (χ1v) is 10.6. The quantitative estimate of drug-likeness (QED) is 0.669. The molecule has 1 amide bonds. The summed E-state index contributed by atoms with van der Waals surface area (Å²) in [4.78, 5) is 17.0. The zero-order chi connectivity index (χ0) is 21.0. The summed E-state index contributed by atoms with van der Waals surface area (Å²) in [5.41, 5.74) is 1.76. The van der Waals surface area contributed by atoms with E-state index in [0.29, 0.717) is 17.0 Å². The van der Waals surface area contributed by atoms with E-state index in [2.05, 4.69) is 10.3 Å². The van der Waals surface area contributed by atoms with Crippen LogP contribution in [0.4, 0.5) is 4.39 Å². The number of hydrogen-bond donors (Lipinski definition) is 1. The van der Waals surface area contributed by atoms with Crippen molar-refractivity contribution in [1.29, 1.82) is 0 Å². The van der Waals surface area contributed by atoms with Crippen molar-refractivity contribution in [2.75, 3.05) is 13.4 Å². The normalized spacial score (nSPS) is 11.1. The number of nitrogens with zero attached hydrogens (tertiary/aromatic N) is 1. The number of benzene rings is 2. The van der Waals surface area contributed by atoms with E-state index >= 15 is 0 Å². The Kier molecular flexibility index (Phi) is 5.93. The molecule has 0 unspecified atom stereocenters. The highest BCUT2D eigenvalue weighted by atomic mass is 32.2. The molecule has 150 valence electrons. The van der Waals surface area contributed by atoms with Gasteiger partial charge in [-0.1, -0.05) is 18.2 Å². The SMILES string of the molecule is COc1ccc(F)cc1-c1cccc(C(=O)NCc2ccc(S(C)(=O)=O)cc2)n1. The number of carbonyl (C=O) groups excluding carboxylic acids is 1. The van der Waals surface area contributed by atoms with Crippen LogP contribution in [0.5, 0.6) is 5.75 Å². The molecule has 2 aromatic carbocycles. The Morgan fingerprint density at radius 1 is 1.10 bits per heavy atom. The first kappa shape index (κ1) is 20.5. The van der Waals surface area contributed by atoms with Crippen LogP contribution in [0.25, 0.3) is 11.3 Å². The van der Waals surface area contributed by atoms with Gasteiger partial charge in [0.25, 0.3) is 5.91 Å². The molecule has 0 radical (unpaired) electrons. The Bertz CT molecular complexity index is 1150. The summed E-state index contributed by atoms with van der Waals surface area (Å²) in [6.45, 7) is 0.206. The van der Waals surface area contributed by atoms with Gasteiger partial charge in [-0.25, -0.2) is 17.8 Å². The molecule has 0 bridgehead atoms. The number of hydrogen-bond acceptors (Lipinski definition) is 5. The van der Waals surface area contributed by atoms with Gasteiger partial charge in [-0.15, -0.1) is 0 Å². The van der Waals surface area contributed by atoms with Crippen LogP contribution in [0.3, 0.4) is 0 Å². The third-order valence-electron chi connectivity index (χ3n) is 4.22. The molecule has 1 heterocycles. The molecule has 0 aliphatic carbocycles. The fourth-order valence-corrected chi connectivity index (χ4v) is 3.35. The maximum Gasteiger partial charge on any atom is 0.270 e.